The number of rotatable bonds is 23. The van der Waals surface area contributed by atoms with E-state index in [1.807, 2.05) is 19.1 Å². The minimum atomic E-state index is -3.41. The zero-order valence-electron chi connectivity index (χ0n) is 38.2. The Morgan fingerprint density at radius 3 is 2.17 bits per heavy atom. The summed E-state index contributed by atoms with van der Waals surface area (Å²) in [6, 6.07) is 8.87. The maximum absolute atomic E-state index is 15.1. The van der Waals surface area contributed by atoms with E-state index in [0.717, 1.165) is 37.4 Å². The van der Waals surface area contributed by atoms with Gasteiger partial charge in [0.15, 0.2) is 6.61 Å². The van der Waals surface area contributed by atoms with Gasteiger partial charge in [-0.2, -0.15) is 0 Å². The average molecular weight is 930 g/mol. The van der Waals surface area contributed by atoms with Crippen molar-refractivity contribution in [3.63, 3.8) is 0 Å². The molecule has 352 valence electrons. The first-order valence-electron chi connectivity index (χ1n) is 22.2. The van der Waals surface area contributed by atoms with Crippen molar-refractivity contribution in [3.05, 3.63) is 72.6 Å². The van der Waals surface area contributed by atoms with E-state index in [1.165, 1.54) is 20.8 Å². The molecular formula is C49H65F2NO10S2. The number of ether oxygens (including phenoxy) is 5. The molecule has 3 fully saturated rings. The van der Waals surface area contributed by atoms with Crippen molar-refractivity contribution >= 4 is 58.0 Å². The van der Waals surface area contributed by atoms with Gasteiger partial charge in [0.05, 0.1) is 34.7 Å². The predicted octanol–water partition coefficient (Wildman–Crippen LogP) is 10.4. The van der Waals surface area contributed by atoms with Crippen molar-refractivity contribution in [1.29, 1.82) is 0 Å². The summed E-state index contributed by atoms with van der Waals surface area (Å²) in [5, 5.41) is 0. The molecule has 15 heteroatoms. The Balaban J connectivity index is 1.74. The number of thioether (sulfide) groups is 1. The van der Waals surface area contributed by atoms with Crippen LogP contribution in [0, 0.1) is 35.2 Å². The normalized spacial score (nSPS) is 24.3. The number of hydrogen-bond donors (Lipinski definition) is 0. The molecule has 2 saturated carbocycles. The molecular weight excluding hydrogens is 865 g/mol. The number of halogens is 2. The van der Waals surface area contributed by atoms with Crippen LogP contribution in [0.3, 0.4) is 0 Å². The SMILES string of the molecule is [C-]#[N+]C(C)(CCC(=O)OCC1CC(C=C)CC1C=C)CC(C)(CC(C)(CC(C)(SC(=S)c1ccccc1)C(=O)OC1CCOC1=O)C(=O)OC1(CC)CCCC1)C(=O)OCC(C)(F)F. The van der Waals surface area contributed by atoms with Crippen LogP contribution in [0.2, 0.25) is 0 Å². The van der Waals surface area contributed by atoms with Crippen LogP contribution < -0.4 is 0 Å². The Morgan fingerprint density at radius 1 is 0.953 bits per heavy atom. The zero-order chi connectivity index (χ0) is 47.6. The first-order valence-corrected chi connectivity index (χ1v) is 23.4. The summed E-state index contributed by atoms with van der Waals surface area (Å²) in [6.07, 6.45) is 6.21. The number of nitrogens with zero attached hydrogens (tertiary/aromatic N) is 1. The zero-order valence-corrected chi connectivity index (χ0v) is 39.8. The van der Waals surface area contributed by atoms with Crippen molar-refractivity contribution in [1.82, 2.24) is 0 Å². The van der Waals surface area contributed by atoms with Gasteiger partial charge >= 0.3 is 29.8 Å². The fourth-order valence-corrected chi connectivity index (χ4v) is 11.5. The van der Waals surface area contributed by atoms with E-state index in [2.05, 4.69) is 18.0 Å². The molecule has 1 aliphatic heterocycles. The van der Waals surface area contributed by atoms with Crippen LogP contribution >= 0.6 is 24.0 Å². The number of carbonyl (C=O) groups excluding carboxylic acids is 5. The fourth-order valence-electron chi connectivity index (χ4n) is 9.62. The molecule has 1 aromatic carbocycles. The van der Waals surface area contributed by atoms with Gasteiger partial charge in [-0.15, -0.1) is 13.2 Å². The van der Waals surface area contributed by atoms with Crippen molar-refractivity contribution in [3.8, 4) is 0 Å². The quantitative estimate of drug-likeness (QED) is 0.0340. The standard InChI is InChI=1S/C49H65F2NO10S2/c1-10-33-26-34(11-2)36(27-33)28-59-38(53)20-24-46(6,52-9)30-44(4,41(55)60-32-48(8,50)51)29-45(5,42(56)62-49(12-3)22-16-17-23-49)31-47(7,43(57)61-37-21-25-58-39(37)54)64-40(63)35-18-14-13-15-19-35/h10-11,13-15,18-19,33-34,36-37H,1-2,12,16-17,20-32H2,3-8H3. The average Bonchev–Trinajstić information content (AvgIpc) is 4.01. The van der Waals surface area contributed by atoms with Gasteiger partial charge in [-0.1, -0.05) is 73.4 Å². The first kappa shape index (κ1) is 52.5. The van der Waals surface area contributed by atoms with Gasteiger partial charge in [-0.05, 0) is 102 Å². The number of hydrogen-bond acceptors (Lipinski definition) is 12. The lowest BCUT2D eigenvalue weighted by atomic mass is 9.64. The third kappa shape index (κ3) is 13.9. The summed E-state index contributed by atoms with van der Waals surface area (Å²) in [6.45, 7) is 23.7. The van der Waals surface area contributed by atoms with E-state index in [1.54, 1.807) is 37.3 Å². The lowest BCUT2D eigenvalue weighted by molar-refractivity contribution is -0.180. The van der Waals surface area contributed by atoms with Crippen molar-refractivity contribution in [2.24, 2.45) is 28.6 Å². The molecule has 0 amide bonds. The minimum Gasteiger partial charge on any atom is -0.465 e. The fraction of sp³-hybridized carbons (Fsp3) is 0.653. The van der Waals surface area contributed by atoms with Gasteiger partial charge in [0.2, 0.25) is 11.6 Å². The van der Waals surface area contributed by atoms with E-state index in [4.69, 9.17) is 42.5 Å². The minimum absolute atomic E-state index is 0.0491. The lowest BCUT2D eigenvalue weighted by Crippen LogP contribution is -2.50. The van der Waals surface area contributed by atoms with Gasteiger partial charge in [0.1, 0.15) is 10.3 Å². The number of alkyl halides is 2. The smallest absolute Gasteiger partial charge is 0.347 e. The monoisotopic (exact) mass is 929 g/mol. The second kappa shape index (κ2) is 21.9. The van der Waals surface area contributed by atoms with Crippen LogP contribution in [0.5, 0.6) is 0 Å². The Labute approximate surface area is 387 Å². The van der Waals surface area contributed by atoms with Crippen molar-refractivity contribution in [2.75, 3.05) is 19.8 Å². The first-order chi connectivity index (χ1) is 30.0. The number of benzene rings is 1. The summed E-state index contributed by atoms with van der Waals surface area (Å²) in [5.74, 6) is -6.90. The maximum atomic E-state index is 15.1. The van der Waals surface area contributed by atoms with Crippen molar-refractivity contribution in [2.45, 2.75) is 153 Å². The molecule has 1 heterocycles. The highest BCUT2D eigenvalue weighted by molar-refractivity contribution is 8.25. The predicted molar refractivity (Wildman–Crippen MR) is 244 cm³/mol. The van der Waals surface area contributed by atoms with Gasteiger partial charge in [0, 0.05) is 33.1 Å². The Bertz CT molecular complexity index is 1930. The second-order valence-corrected chi connectivity index (χ2v) is 21.4. The van der Waals surface area contributed by atoms with Gasteiger partial charge in [-0.3, -0.25) is 19.2 Å². The number of carbonyl (C=O) groups is 5. The summed E-state index contributed by atoms with van der Waals surface area (Å²) < 4.78 is 55.5. The number of thiocarbonyl (C=S) groups is 1. The molecule has 1 saturated heterocycles. The third-order valence-corrected chi connectivity index (χ3v) is 14.8. The summed E-state index contributed by atoms with van der Waals surface area (Å²) >= 11 is 6.80. The Morgan fingerprint density at radius 2 is 1.61 bits per heavy atom. The van der Waals surface area contributed by atoms with Crippen LogP contribution in [0.15, 0.2) is 55.6 Å². The molecule has 4 rings (SSSR count). The highest BCUT2D eigenvalue weighted by atomic mass is 32.2. The molecule has 0 radical (unpaired) electrons. The van der Waals surface area contributed by atoms with E-state index >= 15 is 4.79 Å². The summed E-state index contributed by atoms with van der Waals surface area (Å²) in [4.78, 5) is 73.7. The molecule has 3 aliphatic rings. The molecule has 2 aliphatic carbocycles. The van der Waals surface area contributed by atoms with Gasteiger partial charge in [-0.25, -0.2) is 20.1 Å². The molecule has 8 unspecified atom stereocenters. The number of esters is 5. The van der Waals surface area contributed by atoms with Crippen LogP contribution in [-0.4, -0.2) is 81.8 Å². The highest BCUT2D eigenvalue weighted by Gasteiger charge is 2.57. The number of allylic oxidation sites excluding steroid dienone is 2. The van der Waals surface area contributed by atoms with Crippen LogP contribution in [0.1, 0.15) is 131 Å². The summed E-state index contributed by atoms with van der Waals surface area (Å²) in [5.41, 5.74) is -5.35. The molecule has 0 aromatic heterocycles. The third-order valence-electron chi connectivity index (χ3n) is 13.1. The molecule has 8 atom stereocenters. The lowest BCUT2D eigenvalue weighted by Gasteiger charge is -2.43. The van der Waals surface area contributed by atoms with Gasteiger partial charge in [0.25, 0.3) is 5.92 Å². The van der Waals surface area contributed by atoms with E-state index in [-0.39, 0.29) is 67.3 Å². The van der Waals surface area contributed by atoms with E-state index < -0.39 is 81.6 Å². The molecule has 0 N–H and O–H groups in total. The molecule has 1 aromatic rings. The summed E-state index contributed by atoms with van der Waals surface area (Å²) in [7, 11) is 0. The van der Waals surface area contributed by atoms with Crippen LogP contribution in [-0.2, 0) is 47.7 Å². The largest absolute Gasteiger partial charge is 0.465 e. The maximum Gasteiger partial charge on any atom is 0.347 e. The second-order valence-electron chi connectivity index (χ2n) is 19.2. The highest BCUT2D eigenvalue weighted by Crippen LogP contribution is 2.51. The number of cyclic esters (lactones) is 1. The van der Waals surface area contributed by atoms with E-state index in [9.17, 15) is 28.0 Å². The Kier molecular flexibility index (Phi) is 17.9. The molecule has 0 bridgehead atoms. The van der Waals surface area contributed by atoms with Crippen molar-refractivity contribution < 1.29 is 56.4 Å². The molecule has 64 heavy (non-hydrogen) atoms. The van der Waals surface area contributed by atoms with Crippen LogP contribution in [0.4, 0.5) is 8.78 Å². The topological polar surface area (TPSA) is 136 Å². The van der Waals surface area contributed by atoms with Crippen LogP contribution in [0.25, 0.3) is 4.85 Å². The molecule has 11 nitrogen and oxygen atoms in total. The van der Waals surface area contributed by atoms with E-state index in [0.29, 0.717) is 31.7 Å². The van der Waals surface area contributed by atoms with Gasteiger partial charge < -0.3 is 28.5 Å². The Hall–Kier alpha value is -4.16. The molecule has 0 spiro atoms.